The molecule has 0 saturated heterocycles. The molecule has 1 radical (unpaired) electrons. The van der Waals surface area contributed by atoms with Crippen LogP contribution in [-0.2, 0) is 0 Å². The molecule has 0 bridgehead atoms. The Bertz CT molecular complexity index is 115. The zero-order valence-electron chi connectivity index (χ0n) is 8.33. The number of nitrogens with zero attached hydrogens (tertiary/aromatic N) is 3. The first kappa shape index (κ1) is 83.7. The van der Waals surface area contributed by atoms with E-state index in [0.717, 1.165) is 0 Å². The Kier molecular flexibility index (Phi) is 307. The van der Waals surface area contributed by atoms with E-state index in [4.69, 9.17) is 46.0 Å². The van der Waals surface area contributed by atoms with E-state index in [-0.39, 0.29) is 71.0 Å². The van der Waals surface area contributed by atoms with Gasteiger partial charge in [0.05, 0.1) is 15.3 Å². The first-order valence-electron chi connectivity index (χ1n) is 1.64. The van der Waals surface area contributed by atoms with Crippen molar-refractivity contribution in [3.8, 4) is 0 Å². The van der Waals surface area contributed by atoms with E-state index in [2.05, 4.69) is 0 Å². The van der Waals surface area contributed by atoms with Gasteiger partial charge in [0.25, 0.3) is 0 Å². The molecule has 0 atom stereocenters. The summed E-state index contributed by atoms with van der Waals surface area (Å²) in [6, 6.07) is 0. The SMILES string of the molecule is O.O.O.O.O.O.O=[N+]([O-])[O-].O=[N+]([O-])[O-].O=[N+]([O-])[O-].[Dy+3]. The van der Waals surface area contributed by atoms with E-state index in [1.54, 1.807) is 0 Å². The van der Waals surface area contributed by atoms with Gasteiger partial charge < -0.3 is 78.8 Å². The van der Waals surface area contributed by atoms with Crippen LogP contribution in [-0.4, -0.2) is 48.1 Å². The fraction of sp³-hybridized carbons (Fsp3) is 0. The molecule has 0 aromatic carbocycles. The van der Waals surface area contributed by atoms with E-state index in [1.807, 2.05) is 0 Å². The molecule has 19 heteroatoms. The molecular weight excluding hydrogens is 445 g/mol. The second-order valence-electron chi connectivity index (χ2n) is 0.671. The van der Waals surface area contributed by atoms with Crippen molar-refractivity contribution >= 4 is 0 Å². The molecule has 19 heavy (non-hydrogen) atoms. The van der Waals surface area contributed by atoms with Gasteiger partial charge in [-0.15, -0.1) is 0 Å². The van der Waals surface area contributed by atoms with Crippen molar-refractivity contribution in [1.82, 2.24) is 0 Å². The third-order valence-electron chi connectivity index (χ3n) is 0. The second-order valence-corrected chi connectivity index (χ2v) is 0.671. The zero-order valence-corrected chi connectivity index (χ0v) is 10.4. The summed E-state index contributed by atoms with van der Waals surface area (Å²) in [5.74, 6) is 0. The minimum atomic E-state index is -1.75. The van der Waals surface area contributed by atoms with Crippen molar-refractivity contribution in [1.29, 1.82) is 0 Å². The first-order chi connectivity index (χ1) is 5.20. The number of hydrogen-bond donors (Lipinski definition) is 0. The van der Waals surface area contributed by atoms with Crippen molar-refractivity contribution in [3.63, 3.8) is 0 Å². The van der Waals surface area contributed by atoms with E-state index in [1.165, 1.54) is 0 Å². The van der Waals surface area contributed by atoms with Crippen LogP contribution in [0.4, 0.5) is 0 Å². The monoisotopic (exact) mass is 458 g/mol. The summed E-state index contributed by atoms with van der Waals surface area (Å²) in [6.07, 6.45) is 0. The fourth-order valence-corrected chi connectivity index (χ4v) is 0. The number of hydrogen-bond acceptors (Lipinski definition) is 9. The first-order valence-corrected chi connectivity index (χ1v) is 1.64. The molecule has 0 amide bonds. The van der Waals surface area contributed by atoms with Gasteiger partial charge in [0.1, 0.15) is 0 Å². The van der Waals surface area contributed by atoms with Gasteiger partial charge in [-0.2, -0.15) is 0 Å². The molecule has 0 fully saturated rings. The van der Waals surface area contributed by atoms with Crippen molar-refractivity contribution in [2.75, 3.05) is 0 Å². The molecule has 0 unspecified atom stereocenters. The average Bonchev–Trinajstić information content (AvgIpc) is 1.54. The van der Waals surface area contributed by atoms with E-state index >= 15 is 0 Å². The maximum atomic E-state index is 8.25. The predicted octanol–water partition coefficient (Wildman–Crippen LogP) is -5.67. The van der Waals surface area contributed by atoms with E-state index < -0.39 is 15.3 Å². The van der Waals surface area contributed by atoms with Crippen LogP contribution in [0.3, 0.4) is 0 Å². The molecule has 127 valence electrons. The summed E-state index contributed by atoms with van der Waals surface area (Å²) in [5.41, 5.74) is 0. The van der Waals surface area contributed by atoms with Crippen LogP contribution in [0.2, 0.25) is 0 Å². The van der Waals surface area contributed by atoms with Crippen molar-refractivity contribution in [3.05, 3.63) is 46.0 Å². The van der Waals surface area contributed by atoms with Crippen molar-refractivity contribution in [2.45, 2.75) is 0 Å². The standard InChI is InChI=1S/Dy.3NO3.6H2O/c;3*2-1(3)4;;;;;;/h;;;;6*1H2/q+3;3*-1;;;;;;. The van der Waals surface area contributed by atoms with Gasteiger partial charge in [-0.1, -0.05) is 0 Å². The number of rotatable bonds is 0. The molecule has 0 saturated carbocycles. The maximum Gasteiger partial charge on any atom is 3.00 e. The van der Waals surface area contributed by atoms with Gasteiger partial charge in [0.15, 0.2) is 0 Å². The second kappa shape index (κ2) is 69.8. The summed E-state index contributed by atoms with van der Waals surface area (Å²) >= 11 is 0. The van der Waals surface area contributed by atoms with Crippen LogP contribution in [0.1, 0.15) is 0 Å². The smallest absolute Gasteiger partial charge is 0.412 e. The molecule has 0 aromatic rings. The third-order valence-corrected chi connectivity index (χ3v) is 0. The van der Waals surface area contributed by atoms with Gasteiger partial charge in [0.2, 0.25) is 0 Å². The molecule has 0 aromatic heterocycles. The largest absolute Gasteiger partial charge is 3.00 e. The fourth-order valence-electron chi connectivity index (χ4n) is 0. The van der Waals surface area contributed by atoms with Crippen LogP contribution in [0.15, 0.2) is 0 Å². The Morgan fingerprint density at radius 1 is 0.421 bits per heavy atom. The van der Waals surface area contributed by atoms with Crippen molar-refractivity contribution < 1.29 is 86.3 Å². The summed E-state index contributed by atoms with van der Waals surface area (Å²) < 4.78 is 0. The summed E-state index contributed by atoms with van der Waals surface area (Å²) in [6.45, 7) is 0. The summed E-state index contributed by atoms with van der Waals surface area (Å²) in [4.78, 5) is 24.8. The Hall–Kier alpha value is -1.37. The molecule has 12 N–H and O–H groups in total. The Balaban J connectivity index is -0.00000000675. The molecule has 0 aliphatic rings. The van der Waals surface area contributed by atoms with Crippen LogP contribution in [0.5, 0.6) is 0 Å². The van der Waals surface area contributed by atoms with Gasteiger partial charge in [-0.3, -0.25) is 0 Å². The minimum absolute atomic E-state index is 0. The van der Waals surface area contributed by atoms with Crippen LogP contribution < -0.4 is 0 Å². The summed E-state index contributed by atoms with van der Waals surface area (Å²) in [5, 5.41) is 44.2. The molecule has 0 aliphatic carbocycles. The molecule has 0 spiro atoms. The van der Waals surface area contributed by atoms with Gasteiger partial charge in [0, 0.05) is 0 Å². The topological polar surface area (TPSA) is 388 Å². The van der Waals surface area contributed by atoms with Crippen LogP contribution in [0, 0.1) is 84.1 Å². The van der Waals surface area contributed by atoms with Crippen molar-refractivity contribution in [2.24, 2.45) is 0 Å². The quantitative estimate of drug-likeness (QED) is 0.247. The maximum absolute atomic E-state index is 8.25. The van der Waals surface area contributed by atoms with Gasteiger partial charge in [-0.25, -0.2) is 0 Å². The van der Waals surface area contributed by atoms with Gasteiger partial charge in [-0.05, 0) is 0 Å². The molecule has 18 nitrogen and oxygen atoms in total. The minimum Gasteiger partial charge on any atom is -0.412 e. The van der Waals surface area contributed by atoms with E-state index in [9.17, 15) is 0 Å². The third kappa shape index (κ3) is 1910. The van der Waals surface area contributed by atoms with Gasteiger partial charge >= 0.3 is 38.2 Å². The molecule has 0 aliphatic heterocycles. The average molecular weight is 457 g/mol. The van der Waals surface area contributed by atoms with Crippen LogP contribution in [0.25, 0.3) is 0 Å². The summed E-state index contributed by atoms with van der Waals surface area (Å²) in [7, 11) is 0. The predicted molar refractivity (Wildman–Crippen MR) is 52.8 cm³/mol. The molecular formula is H12DyN3O15. The molecule has 0 rings (SSSR count). The zero-order chi connectivity index (χ0) is 10.7. The van der Waals surface area contributed by atoms with E-state index in [0.29, 0.717) is 0 Å². The Labute approximate surface area is 132 Å². The Morgan fingerprint density at radius 3 is 0.421 bits per heavy atom. The normalized spacial score (nSPS) is 3.79. The molecule has 0 heterocycles. The van der Waals surface area contributed by atoms with Crippen LogP contribution >= 0.6 is 0 Å². The Morgan fingerprint density at radius 2 is 0.421 bits per heavy atom.